The van der Waals surface area contributed by atoms with Crippen LogP contribution in [0.2, 0.25) is 0 Å². The molecule has 3 rings (SSSR count). The third kappa shape index (κ3) is 3.86. The highest BCUT2D eigenvalue weighted by Crippen LogP contribution is 2.26. The Morgan fingerprint density at radius 3 is 2.68 bits per heavy atom. The van der Waals surface area contributed by atoms with Crippen LogP contribution < -0.4 is 0 Å². The second kappa shape index (κ2) is 7.01. The molecule has 7 nitrogen and oxygen atoms in total. The molecule has 0 aromatic carbocycles. The highest BCUT2D eigenvalue weighted by Gasteiger charge is 2.33. The zero-order valence-corrected chi connectivity index (χ0v) is 16.2. The van der Waals surface area contributed by atoms with Crippen LogP contribution in [-0.2, 0) is 16.4 Å². The Hall–Kier alpha value is -1.51. The Morgan fingerprint density at radius 2 is 2.04 bits per heavy atom. The van der Waals surface area contributed by atoms with Crippen LogP contribution in [0.1, 0.15) is 25.3 Å². The van der Waals surface area contributed by atoms with E-state index in [9.17, 15) is 8.42 Å². The number of nitrogens with zero attached hydrogens (tertiary/aromatic N) is 5. The van der Waals surface area contributed by atoms with Crippen molar-refractivity contribution in [1.29, 1.82) is 0 Å². The molecule has 1 fully saturated rings. The molecule has 2 aromatic heterocycles. The fourth-order valence-electron chi connectivity index (χ4n) is 3.80. The molecule has 0 bridgehead atoms. The maximum absolute atomic E-state index is 11.8. The van der Waals surface area contributed by atoms with E-state index in [0.29, 0.717) is 17.6 Å². The number of likely N-dealkylation sites (tertiary alicyclic amines) is 1. The number of hydrogen-bond donors (Lipinski definition) is 0. The van der Waals surface area contributed by atoms with Crippen LogP contribution >= 0.6 is 0 Å². The minimum Gasteiger partial charge on any atom is -0.305 e. The van der Waals surface area contributed by atoms with Gasteiger partial charge in [0, 0.05) is 49.9 Å². The van der Waals surface area contributed by atoms with Crippen molar-refractivity contribution < 1.29 is 8.42 Å². The first-order chi connectivity index (χ1) is 11.8. The average molecular weight is 366 g/mol. The van der Waals surface area contributed by atoms with Crippen LogP contribution in [0.25, 0.3) is 5.65 Å². The number of likely N-dealkylation sites (N-methyl/N-ethyl adjacent to an activating group) is 1. The smallest absolute Gasteiger partial charge is 0.180 e. The summed E-state index contributed by atoms with van der Waals surface area (Å²) in [6.45, 7) is 5.18. The van der Waals surface area contributed by atoms with Gasteiger partial charge in [0.1, 0.15) is 4.90 Å². The van der Waals surface area contributed by atoms with Crippen LogP contribution in [0.4, 0.5) is 0 Å². The van der Waals surface area contributed by atoms with E-state index < -0.39 is 9.84 Å². The fourth-order valence-corrected chi connectivity index (χ4v) is 4.52. The molecule has 25 heavy (non-hydrogen) atoms. The molecule has 2 atom stereocenters. The Kier molecular flexibility index (Phi) is 5.13. The van der Waals surface area contributed by atoms with Crippen molar-refractivity contribution >= 4 is 15.5 Å². The van der Waals surface area contributed by atoms with Crippen molar-refractivity contribution in [2.75, 3.05) is 33.4 Å². The number of rotatable bonds is 6. The first-order valence-electron chi connectivity index (χ1n) is 8.70. The van der Waals surface area contributed by atoms with Gasteiger partial charge in [-0.1, -0.05) is 13.3 Å². The summed E-state index contributed by atoms with van der Waals surface area (Å²) in [7, 11) is 0.994. The topological polar surface area (TPSA) is 70.8 Å². The average Bonchev–Trinajstić information content (AvgIpc) is 3.11. The Balaban J connectivity index is 1.77. The first-order valence-corrected chi connectivity index (χ1v) is 10.6. The first kappa shape index (κ1) is 18.3. The molecule has 0 aliphatic carbocycles. The number of fused-ring (bicyclic) bond motifs is 1. The maximum Gasteiger partial charge on any atom is 0.180 e. The van der Waals surface area contributed by atoms with Gasteiger partial charge in [-0.25, -0.2) is 17.9 Å². The van der Waals surface area contributed by atoms with Crippen molar-refractivity contribution in [3.8, 4) is 0 Å². The van der Waals surface area contributed by atoms with Crippen LogP contribution in [0.5, 0.6) is 0 Å². The molecular weight excluding hydrogens is 338 g/mol. The lowest BCUT2D eigenvalue weighted by Gasteiger charge is -2.24. The molecule has 8 heteroatoms. The van der Waals surface area contributed by atoms with E-state index in [4.69, 9.17) is 0 Å². The van der Waals surface area contributed by atoms with Gasteiger partial charge in [-0.05, 0) is 26.4 Å². The molecule has 138 valence electrons. The minimum absolute atomic E-state index is 0.177. The van der Waals surface area contributed by atoms with Crippen molar-refractivity contribution in [2.45, 2.75) is 37.2 Å². The van der Waals surface area contributed by atoms with Gasteiger partial charge >= 0.3 is 0 Å². The quantitative estimate of drug-likeness (QED) is 0.768. The van der Waals surface area contributed by atoms with Crippen molar-refractivity contribution in [1.82, 2.24) is 24.4 Å². The maximum atomic E-state index is 11.8. The second-order valence-electron chi connectivity index (χ2n) is 7.29. The fraction of sp³-hybridized carbons (Fsp3) is 0.647. The molecule has 0 spiro atoms. The van der Waals surface area contributed by atoms with Crippen LogP contribution in [0.3, 0.4) is 0 Å². The van der Waals surface area contributed by atoms with Crippen LogP contribution in [0.15, 0.2) is 23.5 Å². The van der Waals surface area contributed by atoms with Crippen molar-refractivity contribution in [2.24, 2.45) is 5.92 Å². The molecular formula is C17H27N5O2S. The molecule has 1 saturated heterocycles. The van der Waals surface area contributed by atoms with Crippen molar-refractivity contribution in [3.05, 3.63) is 24.2 Å². The van der Waals surface area contributed by atoms with E-state index in [1.165, 1.54) is 25.3 Å². The van der Waals surface area contributed by atoms with Gasteiger partial charge in [0.15, 0.2) is 15.5 Å². The molecule has 0 amide bonds. The predicted molar refractivity (Wildman–Crippen MR) is 97.2 cm³/mol. The van der Waals surface area contributed by atoms with Gasteiger partial charge in [0.25, 0.3) is 0 Å². The number of sulfone groups is 1. The lowest BCUT2D eigenvalue weighted by molar-refractivity contribution is 0.238. The van der Waals surface area contributed by atoms with Crippen molar-refractivity contribution in [3.63, 3.8) is 0 Å². The lowest BCUT2D eigenvalue weighted by atomic mass is 9.98. The van der Waals surface area contributed by atoms with Gasteiger partial charge < -0.3 is 4.90 Å². The van der Waals surface area contributed by atoms with Gasteiger partial charge in [-0.3, -0.25) is 4.90 Å². The summed E-state index contributed by atoms with van der Waals surface area (Å²) >= 11 is 0. The van der Waals surface area contributed by atoms with Gasteiger partial charge in [-0.2, -0.15) is 5.10 Å². The van der Waals surface area contributed by atoms with E-state index in [2.05, 4.69) is 40.9 Å². The van der Waals surface area contributed by atoms with Gasteiger partial charge in [-0.15, -0.1) is 0 Å². The summed E-state index contributed by atoms with van der Waals surface area (Å²) in [6.07, 6.45) is 8.65. The van der Waals surface area contributed by atoms with Crippen LogP contribution in [0, 0.1) is 5.92 Å². The summed E-state index contributed by atoms with van der Waals surface area (Å²) in [5.74, 6) is 0.693. The second-order valence-corrected chi connectivity index (χ2v) is 9.27. The molecule has 1 aliphatic rings. The summed E-state index contributed by atoms with van der Waals surface area (Å²) in [5.41, 5.74) is 1.44. The SMILES string of the molecule is CCC[C@@H]1CN(Cc2cnc3c(S(C)(=O)=O)cnn3c2)C[C@H]1N(C)C. The summed E-state index contributed by atoms with van der Waals surface area (Å²) in [5, 5.41) is 4.16. The van der Waals surface area contributed by atoms with Gasteiger partial charge in [0.2, 0.25) is 0 Å². The third-order valence-electron chi connectivity index (χ3n) is 4.99. The standard InChI is InChI=1S/C17H27N5O2S/c1-5-6-14-11-21(12-15(14)20(2)3)9-13-7-18-17-16(25(4,23)24)8-19-22(17)10-13/h7-8,10,14-15H,5-6,9,11-12H2,1-4H3/t14-,15-/m1/s1. The predicted octanol–water partition coefficient (Wildman–Crippen LogP) is 1.29. The number of aromatic nitrogens is 3. The molecule has 0 radical (unpaired) electrons. The van der Waals surface area contributed by atoms with E-state index >= 15 is 0 Å². The normalized spacial score (nSPS) is 22.3. The van der Waals surface area contributed by atoms with Gasteiger partial charge in [0.05, 0.1) is 6.20 Å². The van der Waals surface area contributed by atoms with E-state index in [1.807, 2.05) is 6.20 Å². The zero-order chi connectivity index (χ0) is 18.2. The Morgan fingerprint density at radius 1 is 1.28 bits per heavy atom. The molecule has 0 N–H and O–H groups in total. The minimum atomic E-state index is -3.31. The Labute approximate surface area is 149 Å². The largest absolute Gasteiger partial charge is 0.305 e. The van der Waals surface area contributed by atoms with E-state index in [1.54, 1.807) is 10.7 Å². The van der Waals surface area contributed by atoms with E-state index in [-0.39, 0.29) is 4.90 Å². The van der Waals surface area contributed by atoms with Crippen LogP contribution in [-0.4, -0.2) is 72.3 Å². The molecule has 0 saturated carbocycles. The third-order valence-corrected chi connectivity index (χ3v) is 6.08. The molecule has 1 aliphatic heterocycles. The summed E-state index contributed by atoms with van der Waals surface area (Å²) in [6, 6.07) is 0.582. The molecule has 3 heterocycles. The Bertz CT molecular complexity index is 846. The molecule has 2 aromatic rings. The monoisotopic (exact) mass is 365 g/mol. The lowest BCUT2D eigenvalue weighted by Crippen LogP contribution is -2.35. The summed E-state index contributed by atoms with van der Waals surface area (Å²) in [4.78, 5) is 9.30. The molecule has 0 unspecified atom stereocenters. The zero-order valence-electron chi connectivity index (χ0n) is 15.4. The highest BCUT2D eigenvalue weighted by molar-refractivity contribution is 7.90. The summed E-state index contributed by atoms with van der Waals surface area (Å²) < 4.78 is 25.1. The van der Waals surface area contributed by atoms with E-state index in [0.717, 1.165) is 25.2 Å². The number of hydrogen-bond acceptors (Lipinski definition) is 6. The highest BCUT2D eigenvalue weighted by atomic mass is 32.2.